The number of nitrogens with one attached hydrogen (secondary N) is 1. The molecule has 4 nitrogen and oxygen atoms in total. The van der Waals surface area contributed by atoms with Crippen LogP contribution in [0.15, 0.2) is 0 Å². The van der Waals surface area contributed by atoms with E-state index in [1.165, 1.54) is 12.8 Å². The van der Waals surface area contributed by atoms with Gasteiger partial charge in [0.15, 0.2) is 0 Å². The molecule has 0 atom stereocenters. The Balaban J connectivity index is 1.43. The average molecular weight is 272 g/mol. The Morgan fingerprint density at radius 3 is 2.17 bits per heavy atom. The van der Waals surface area contributed by atoms with Crippen molar-refractivity contribution in [1.82, 2.24) is 9.62 Å². The molecule has 3 fully saturated rings. The number of rotatable bonds is 6. The van der Waals surface area contributed by atoms with Crippen LogP contribution in [0, 0.1) is 11.8 Å². The molecular formula is C13H24N2O2S. The van der Waals surface area contributed by atoms with Gasteiger partial charge in [0.25, 0.3) is 0 Å². The highest BCUT2D eigenvalue weighted by molar-refractivity contribution is 7.89. The fourth-order valence-electron chi connectivity index (χ4n) is 2.70. The second-order valence-electron chi connectivity index (χ2n) is 6.25. The van der Waals surface area contributed by atoms with E-state index in [9.17, 15) is 8.42 Å². The summed E-state index contributed by atoms with van der Waals surface area (Å²) in [5, 5.41) is 3.55. The van der Waals surface area contributed by atoms with Crippen molar-refractivity contribution in [2.45, 2.75) is 44.6 Å². The molecule has 18 heavy (non-hydrogen) atoms. The average Bonchev–Trinajstić information content (AvgIpc) is 3.21. The van der Waals surface area contributed by atoms with Gasteiger partial charge in [0.1, 0.15) is 0 Å². The zero-order valence-corrected chi connectivity index (χ0v) is 11.8. The second kappa shape index (κ2) is 5.10. The predicted molar refractivity (Wildman–Crippen MR) is 71.8 cm³/mol. The van der Waals surface area contributed by atoms with Gasteiger partial charge in [0.2, 0.25) is 10.0 Å². The molecule has 0 radical (unpaired) electrons. The van der Waals surface area contributed by atoms with Gasteiger partial charge in [-0.3, -0.25) is 0 Å². The van der Waals surface area contributed by atoms with Crippen molar-refractivity contribution in [3.63, 3.8) is 0 Å². The fraction of sp³-hybridized carbons (Fsp3) is 1.00. The van der Waals surface area contributed by atoms with E-state index in [-0.39, 0.29) is 0 Å². The summed E-state index contributed by atoms with van der Waals surface area (Å²) in [6.07, 6.45) is 6.94. The first-order valence-electron chi connectivity index (χ1n) is 7.35. The number of piperidine rings is 1. The molecule has 0 unspecified atom stereocenters. The molecule has 0 aromatic rings. The maximum Gasteiger partial charge on any atom is 0.214 e. The monoisotopic (exact) mass is 272 g/mol. The van der Waals surface area contributed by atoms with Crippen molar-refractivity contribution >= 4 is 10.0 Å². The van der Waals surface area contributed by atoms with Gasteiger partial charge in [0, 0.05) is 19.1 Å². The molecule has 1 N–H and O–H groups in total. The molecule has 0 aromatic heterocycles. The summed E-state index contributed by atoms with van der Waals surface area (Å²) in [6, 6.07) is 0.765. The highest BCUT2D eigenvalue weighted by Crippen LogP contribution is 2.32. The predicted octanol–water partition coefficient (Wildman–Crippen LogP) is 1.19. The van der Waals surface area contributed by atoms with Gasteiger partial charge in [0.05, 0.1) is 5.75 Å². The van der Waals surface area contributed by atoms with Crippen molar-refractivity contribution in [2.24, 2.45) is 11.8 Å². The zero-order valence-electron chi connectivity index (χ0n) is 11.0. The minimum atomic E-state index is -2.95. The van der Waals surface area contributed by atoms with E-state index < -0.39 is 10.0 Å². The lowest BCUT2D eigenvalue weighted by Crippen LogP contribution is -2.42. The summed E-state index contributed by atoms with van der Waals surface area (Å²) in [5.74, 6) is 1.54. The molecule has 2 saturated carbocycles. The highest BCUT2D eigenvalue weighted by Gasteiger charge is 2.34. The highest BCUT2D eigenvalue weighted by atomic mass is 32.2. The molecule has 0 amide bonds. The smallest absolute Gasteiger partial charge is 0.214 e. The van der Waals surface area contributed by atoms with Crippen LogP contribution >= 0.6 is 0 Å². The van der Waals surface area contributed by atoms with Crippen LogP contribution in [-0.2, 0) is 10.0 Å². The third-order valence-corrected chi connectivity index (χ3v) is 6.43. The Morgan fingerprint density at radius 1 is 0.944 bits per heavy atom. The van der Waals surface area contributed by atoms with E-state index in [2.05, 4.69) is 5.32 Å². The Labute approximate surface area is 110 Å². The molecule has 0 aromatic carbocycles. The third-order valence-electron chi connectivity index (χ3n) is 4.38. The lowest BCUT2D eigenvalue weighted by molar-refractivity contribution is 0.266. The molecular weight excluding hydrogens is 248 g/mol. The Kier molecular flexibility index (Phi) is 3.65. The molecule has 1 aliphatic heterocycles. The second-order valence-corrected chi connectivity index (χ2v) is 8.26. The van der Waals surface area contributed by atoms with E-state index in [0.717, 1.165) is 51.4 Å². The molecule has 3 rings (SSSR count). The van der Waals surface area contributed by atoms with E-state index >= 15 is 0 Å². The summed E-state index contributed by atoms with van der Waals surface area (Å²) >= 11 is 0. The topological polar surface area (TPSA) is 49.4 Å². The molecule has 0 bridgehead atoms. The van der Waals surface area contributed by atoms with E-state index in [1.54, 1.807) is 4.31 Å². The van der Waals surface area contributed by atoms with Gasteiger partial charge in [-0.2, -0.15) is 0 Å². The van der Waals surface area contributed by atoms with Gasteiger partial charge in [-0.25, -0.2) is 12.7 Å². The van der Waals surface area contributed by atoms with Gasteiger partial charge in [-0.15, -0.1) is 0 Å². The molecule has 0 spiro atoms. The summed E-state index contributed by atoms with van der Waals surface area (Å²) in [7, 11) is -2.95. The Bertz CT molecular complexity index is 380. The number of nitrogens with zero attached hydrogens (tertiary/aromatic N) is 1. The van der Waals surface area contributed by atoms with Gasteiger partial charge in [-0.1, -0.05) is 0 Å². The van der Waals surface area contributed by atoms with Crippen molar-refractivity contribution < 1.29 is 8.42 Å². The minimum Gasteiger partial charge on any atom is -0.314 e. The summed E-state index contributed by atoms with van der Waals surface area (Å²) < 4.78 is 26.0. The Morgan fingerprint density at radius 2 is 1.61 bits per heavy atom. The van der Waals surface area contributed by atoms with Crippen LogP contribution in [0.3, 0.4) is 0 Å². The zero-order chi connectivity index (χ0) is 12.6. The van der Waals surface area contributed by atoms with Crippen LogP contribution in [0.4, 0.5) is 0 Å². The fourth-order valence-corrected chi connectivity index (χ4v) is 4.61. The van der Waals surface area contributed by atoms with Gasteiger partial charge < -0.3 is 5.32 Å². The van der Waals surface area contributed by atoms with Crippen LogP contribution in [0.1, 0.15) is 38.5 Å². The standard InChI is InChI=1S/C13H24N2O2S/c16-18(17,10-12-1-2-12)15-7-5-11(6-8-15)9-14-13-3-4-13/h11-14H,1-10H2. The first-order valence-corrected chi connectivity index (χ1v) is 8.95. The molecule has 5 heteroatoms. The number of hydrogen-bond donors (Lipinski definition) is 1. The first kappa shape index (κ1) is 12.9. The maximum atomic E-state index is 12.1. The van der Waals surface area contributed by atoms with Crippen LogP contribution < -0.4 is 5.32 Å². The molecule has 3 aliphatic rings. The lowest BCUT2D eigenvalue weighted by atomic mass is 9.98. The Hall–Kier alpha value is -0.130. The van der Waals surface area contributed by atoms with E-state index in [4.69, 9.17) is 0 Å². The van der Waals surface area contributed by atoms with Gasteiger partial charge >= 0.3 is 0 Å². The van der Waals surface area contributed by atoms with Gasteiger partial charge in [-0.05, 0) is 56.9 Å². The quantitative estimate of drug-likeness (QED) is 0.790. The normalized spacial score (nSPS) is 27.6. The summed E-state index contributed by atoms with van der Waals surface area (Å²) in [4.78, 5) is 0. The van der Waals surface area contributed by atoms with Crippen molar-refractivity contribution in [1.29, 1.82) is 0 Å². The van der Waals surface area contributed by atoms with Crippen LogP contribution in [0.2, 0.25) is 0 Å². The SMILES string of the molecule is O=S(=O)(CC1CC1)N1CCC(CNC2CC2)CC1. The minimum absolute atomic E-state index is 0.401. The van der Waals surface area contributed by atoms with Crippen molar-refractivity contribution in [2.75, 3.05) is 25.4 Å². The van der Waals surface area contributed by atoms with Crippen LogP contribution in [-0.4, -0.2) is 44.2 Å². The molecule has 1 saturated heterocycles. The van der Waals surface area contributed by atoms with Crippen molar-refractivity contribution in [3.05, 3.63) is 0 Å². The first-order chi connectivity index (χ1) is 8.63. The third kappa shape index (κ3) is 3.45. The molecule has 1 heterocycles. The van der Waals surface area contributed by atoms with E-state index in [1.807, 2.05) is 0 Å². The lowest BCUT2D eigenvalue weighted by Gasteiger charge is -2.31. The van der Waals surface area contributed by atoms with E-state index in [0.29, 0.717) is 17.6 Å². The maximum absolute atomic E-state index is 12.1. The number of sulfonamides is 1. The van der Waals surface area contributed by atoms with Crippen molar-refractivity contribution in [3.8, 4) is 0 Å². The number of hydrogen-bond acceptors (Lipinski definition) is 3. The van der Waals surface area contributed by atoms with Crippen LogP contribution in [0.5, 0.6) is 0 Å². The summed E-state index contributed by atoms with van der Waals surface area (Å²) in [5.41, 5.74) is 0. The summed E-state index contributed by atoms with van der Waals surface area (Å²) in [6.45, 7) is 2.57. The van der Waals surface area contributed by atoms with Crippen LogP contribution in [0.25, 0.3) is 0 Å². The molecule has 104 valence electrons. The largest absolute Gasteiger partial charge is 0.314 e. The molecule has 2 aliphatic carbocycles.